The van der Waals surface area contributed by atoms with Crippen molar-refractivity contribution in [2.75, 3.05) is 19.0 Å². The van der Waals surface area contributed by atoms with E-state index >= 15 is 0 Å². The molecule has 5 nitrogen and oxygen atoms in total. The molecule has 0 aliphatic carbocycles. The van der Waals surface area contributed by atoms with Crippen LogP contribution in [-0.2, 0) is 22.7 Å². The number of rotatable bonds is 5. The van der Waals surface area contributed by atoms with Gasteiger partial charge in [-0.15, -0.1) is 0 Å². The van der Waals surface area contributed by atoms with Gasteiger partial charge >= 0.3 is 0 Å². The van der Waals surface area contributed by atoms with Crippen molar-refractivity contribution in [1.82, 2.24) is 10.6 Å². The Hall–Kier alpha value is -2.04. The van der Waals surface area contributed by atoms with Crippen LogP contribution in [-0.4, -0.2) is 25.9 Å². The minimum Gasteiger partial charge on any atom is -0.378 e. The van der Waals surface area contributed by atoms with Crippen LogP contribution in [0.2, 0.25) is 0 Å². The lowest BCUT2D eigenvalue weighted by atomic mass is 10.1. The summed E-state index contributed by atoms with van der Waals surface area (Å²) in [6, 6.07) is 6.03. The predicted octanol–water partition coefficient (Wildman–Crippen LogP) is 3.08. The summed E-state index contributed by atoms with van der Waals surface area (Å²) < 4.78 is 0. The number of hydrogen-bond donors (Lipinski definition) is 2. The lowest BCUT2D eigenvalue weighted by molar-refractivity contribution is -0.119. The van der Waals surface area contributed by atoms with Crippen LogP contribution < -0.4 is 15.5 Å². The maximum absolute atomic E-state index is 11.0. The van der Waals surface area contributed by atoms with Crippen molar-refractivity contribution in [2.24, 2.45) is 0 Å². The van der Waals surface area contributed by atoms with E-state index in [1.165, 1.54) is 13.8 Å². The first-order chi connectivity index (χ1) is 10.9. The molecule has 0 bridgehead atoms. The lowest BCUT2D eigenvalue weighted by Gasteiger charge is -2.16. The molecule has 0 saturated carbocycles. The van der Waals surface area contributed by atoms with Crippen LogP contribution >= 0.6 is 0 Å². The van der Waals surface area contributed by atoms with Crippen LogP contribution in [0.1, 0.15) is 52.7 Å². The molecule has 0 aliphatic heterocycles. The summed E-state index contributed by atoms with van der Waals surface area (Å²) in [5.41, 5.74) is 3.08. The van der Waals surface area contributed by atoms with Gasteiger partial charge in [-0.2, -0.15) is 0 Å². The van der Waals surface area contributed by atoms with Gasteiger partial charge in [0.2, 0.25) is 11.8 Å². The third kappa shape index (κ3) is 11.2. The van der Waals surface area contributed by atoms with Crippen molar-refractivity contribution in [2.45, 2.75) is 54.6 Å². The Labute approximate surface area is 141 Å². The second-order valence-electron chi connectivity index (χ2n) is 4.72. The average molecular weight is 323 g/mol. The van der Waals surface area contributed by atoms with E-state index < -0.39 is 0 Å². The molecule has 1 rings (SSSR count). The van der Waals surface area contributed by atoms with E-state index in [1.807, 2.05) is 64.9 Å². The summed E-state index contributed by atoms with van der Waals surface area (Å²) in [4.78, 5) is 23.9. The van der Waals surface area contributed by atoms with Crippen LogP contribution in [0, 0.1) is 0 Å². The van der Waals surface area contributed by atoms with Gasteiger partial charge < -0.3 is 15.5 Å². The van der Waals surface area contributed by atoms with Gasteiger partial charge in [0.25, 0.3) is 0 Å². The maximum Gasteiger partial charge on any atom is 0.217 e. The van der Waals surface area contributed by atoms with Crippen LogP contribution in [0.3, 0.4) is 0 Å². The minimum atomic E-state index is -0.0568. The van der Waals surface area contributed by atoms with Gasteiger partial charge in [-0.25, -0.2) is 0 Å². The van der Waals surface area contributed by atoms with E-state index in [0.717, 1.165) is 16.8 Å². The fraction of sp³-hybridized carbons (Fsp3) is 0.556. The lowest BCUT2D eigenvalue weighted by Crippen LogP contribution is -2.21. The quantitative estimate of drug-likeness (QED) is 0.875. The molecule has 0 heterocycles. The molecule has 0 radical (unpaired) electrons. The third-order valence-electron chi connectivity index (χ3n) is 2.64. The van der Waals surface area contributed by atoms with Crippen molar-refractivity contribution in [1.29, 1.82) is 0 Å². The number of benzene rings is 1. The summed E-state index contributed by atoms with van der Waals surface area (Å²) in [6.07, 6.45) is 0. The second-order valence-corrected chi connectivity index (χ2v) is 4.72. The monoisotopic (exact) mass is 323 g/mol. The smallest absolute Gasteiger partial charge is 0.217 e. The molecule has 2 amide bonds. The molecular weight excluding hydrogens is 290 g/mol. The molecule has 1 aromatic carbocycles. The SMILES string of the molecule is CC.CC.CC(=O)NCc1cc(CNC(C)=O)cc(N(C)C)c1. The average Bonchev–Trinajstić information content (AvgIpc) is 2.54. The third-order valence-corrected chi connectivity index (χ3v) is 2.64. The molecule has 0 aliphatic rings. The molecule has 0 unspecified atom stereocenters. The van der Waals surface area contributed by atoms with Crippen molar-refractivity contribution in [3.05, 3.63) is 29.3 Å². The zero-order chi connectivity index (χ0) is 18.4. The Bertz CT molecular complexity index is 435. The van der Waals surface area contributed by atoms with E-state index in [9.17, 15) is 9.59 Å². The van der Waals surface area contributed by atoms with E-state index in [0.29, 0.717) is 13.1 Å². The van der Waals surface area contributed by atoms with Crippen LogP contribution in [0.15, 0.2) is 18.2 Å². The van der Waals surface area contributed by atoms with Gasteiger partial charge in [0.05, 0.1) is 0 Å². The Morgan fingerprint density at radius 3 is 1.43 bits per heavy atom. The van der Waals surface area contributed by atoms with E-state index in [-0.39, 0.29) is 11.8 Å². The molecule has 132 valence electrons. The highest BCUT2D eigenvalue weighted by Gasteiger charge is 2.04. The first kappa shape index (κ1) is 23.2. The van der Waals surface area contributed by atoms with Gasteiger partial charge in [-0.05, 0) is 23.3 Å². The Morgan fingerprint density at radius 2 is 1.17 bits per heavy atom. The number of nitrogens with one attached hydrogen (secondary N) is 2. The highest BCUT2D eigenvalue weighted by Crippen LogP contribution is 2.17. The molecule has 0 aromatic heterocycles. The van der Waals surface area contributed by atoms with Gasteiger partial charge in [0, 0.05) is 46.7 Å². The normalized spacial score (nSPS) is 8.70. The van der Waals surface area contributed by atoms with Crippen LogP contribution in [0.5, 0.6) is 0 Å². The largest absolute Gasteiger partial charge is 0.378 e. The van der Waals surface area contributed by atoms with Gasteiger partial charge in [0.1, 0.15) is 0 Å². The Kier molecular flexibility index (Phi) is 13.7. The molecule has 2 N–H and O–H groups in total. The first-order valence-electron chi connectivity index (χ1n) is 8.17. The van der Waals surface area contributed by atoms with Crippen LogP contribution in [0.4, 0.5) is 5.69 Å². The van der Waals surface area contributed by atoms with Gasteiger partial charge in [-0.1, -0.05) is 33.8 Å². The summed E-state index contributed by atoms with van der Waals surface area (Å²) in [5.74, 6) is -0.114. The number of carbonyl (C=O) groups is 2. The van der Waals surface area contributed by atoms with Crippen molar-refractivity contribution < 1.29 is 9.59 Å². The number of carbonyl (C=O) groups excluding carboxylic acids is 2. The molecule has 23 heavy (non-hydrogen) atoms. The van der Waals surface area contributed by atoms with Crippen LogP contribution in [0.25, 0.3) is 0 Å². The highest BCUT2D eigenvalue weighted by molar-refractivity contribution is 5.73. The number of nitrogens with zero attached hydrogens (tertiary/aromatic N) is 1. The predicted molar refractivity (Wildman–Crippen MR) is 98.5 cm³/mol. The zero-order valence-corrected chi connectivity index (χ0v) is 15.9. The summed E-state index contributed by atoms with van der Waals surface area (Å²) in [6.45, 7) is 12.0. The van der Waals surface area contributed by atoms with E-state index in [4.69, 9.17) is 0 Å². The molecule has 1 aromatic rings. The molecule has 0 fully saturated rings. The van der Waals surface area contributed by atoms with Crippen molar-refractivity contribution in [3.63, 3.8) is 0 Å². The van der Waals surface area contributed by atoms with E-state index in [1.54, 1.807) is 0 Å². The summed E-state index contributed by atoms with van der Waals surface area (Å²) in [5, 5.41) is 5.55. The van der Waals surface area contributed by atoms with Gasteiger partial charge in [0.15, 0.2) is 0 Å². The van der Waals surface area contributed by atoms with Crippen molar-refractivity contribution >= 4 is 17.5 Å². The first-order valence-corrected chi connectivity index (χ1v) is 8.17. The summed E-state index contributed by atoms with van der Waals surface area (Å²) >= 11 is 0. The molecule has 5 heteroatoms. The maximum atomic E-state index is 11.0. The molecule has 0 atom stereocenters. The van der Waals surface area contributed by atoms with E-state index in [2.05, 4.69) is 10.6 Å². The van der Waals surface area contributed by atoms with Crippen molar-refractivity contribution in [3.8, 4) is 0 Å². The molecule has 0 saturated heterocycles. The minimum absolute atomic E-state index is 0.0568. The standard InChI is InChI=1S/C14H21N3O2.2C2H6/c1-10(18)15-8-12-5-13(9-16-11(2)19)7-14(6-12)17(3)4;2*1-2/h5-7H,8-9H2,1-4H3,(H,15,18)(H,16,19);2*1-2H3. The Morgan fingerprint density at radius 1 is 0.826 bits per heavy atom. The number of amides is 2. The topological polar surface area (TPSA) is 61.4 Å². The number of hydrogen-bond acceptors (Lipinski definition) is 3. The fourth-order valence-corrected chi connectivity index (χ4v) is 1.66. The van der Waals surface area contributed by atoms with Gasteiger partial charge in [-0.3, -0.25) is 9.59 Å². The molecular formula is C18H33N3O2. The second kappa shape index (κ2) is 13.6. The summed E-state index contributed by atoms with van der Waals surface area (Å²) in [7, 11) is 3.92. The Balaban J connectivity index is 0. The molecule has 0 spiro atoms. The fourth-order valence-electron chi connectivity index (χ4n) is 1.66. The zero-order valence-electron chi connectivity index (χ0n) is 15.9. The highest BCUT2D eigenvalue weighted by atomic mass is 16.1. The number of anilines is 1.